The summed E-state index contributed by atoms with van der Waals surface area (Å²) in [6, 6.07) is -0.527. The molecule has 0 heterocycles. The number of hydrogen-bond acceptors (Lipinski definition) is 4. The van der Waals surface area contributed by atoms with Crippen LogP contribution in [0.25, 0.3) is 0 Å². The molecule has 2 unspecified atom stereocenters. The lowest BCUT2D eigenvalue weighted by atomic mass is 10.0. The van der Waals surface area contributed by atoms with Gasteiger partial charge in [0, 0.05) is 35.9 Å². The van der Waals surface area contributed by atoms with Crippen LogP contribution in [0, 0.1) is 0 Å². The molecule has 0 aromatic rings. The molecule has 7 nitrogen and oxygen atoms in total. The number of carboxylic acid groups (broad SMARTS) is 1. The zero-order valence-corrected chi connectivity index (χ0v) is 10.7. The van der Waals surface area contributed by atoms with Crippen molar-refractivity contribution in [3.05, 3.63) is 0 Å². The van der Waals surface area contributed by atoms with E-state index in [-0.39, 0.29) is 13.1 Å². The first kappa shape index (κ1) is 15.9. The maximum absolute atomic E-state index is 11.2. The summed E-state index contributed by atoms with van der Waals surface area (Å²) in [6.45, 7) is 1.42. The Balaban J connectivity index is 3.82. The van der Waals surface area contributed by atoms with E-state index in [2.05, 4.69) is 10.6 Å². The Labute approximate surface area is 102 Å². The number of rotatable bonds is 7. The molecule has 4 N–H and O–H groups in total. The van der Waals surface area contributed by atoms with Gasteiger partial charge in [-0.2, -0.15) is 0 Å². The van der Waals surface area contributed by atoms with E-state index < -0.39 is 34.8 Å². The van der Waals surface area contributed by atoms with Crippen molar-refractivity contribution in [2.45, 2.75) is 18.9 Å². The second kappa shape index (κ2) is 7.23. The van der Waals surface area contributed by atoms with Gasteiger partial charge < -0.3 is 20.8 Å². The Morgan fingerprint density at radius 3 is 2.41 bits per heavy atom. The van der Waals surface area contributed by atoms with Crippen LogP contribution in [0.2, 0.25) is 0 Å². The minimum absolute atomic E-state index is 0.166. The predicted molar refractivity (Wildman–Crippen MR) is 63.2 cm³/mol. The predicted octanol–water partition coefficient (Wildman–Crippen LogP) is -1.11. The van der Waals surface area contributed by atoms with E-state index in [1.54, 1.807) is 0 Å². The van der Waals surface area contributed by atoms with Crippen molar-refractivity contribution in [1.82, 2.24) is 10.6 Å². The molecule has 0 rings (SSSR count). The highest BCUT2D eigenvalue weighted by atomic mass is 32.2. The van der Waals surface area contributed by atoms with E-state index in [9.17, 15) is 18.9 Å². The fraction of sp³-hybridized carbons (Fsp3) is 0.778. The van der Waals surface area contributed by atoms with Crippen molar-refractivity contribution >= 4 is 22.8 Å². The van der Waals surface area contributed by atoms with Gasteiger partial charge in [-0.15, -0.1) is 0 Å². The van der Waals surface area contributed by atoms with Crippen molar-refractivity contribution in [3.8, 4) is 0 Å². The quantitative estimate of drug-likeness (QED) is 0.466. The molecule has 8 heteroatoms. The summed E-state index contributed by atoms with van der Waals surface area (Å²) in [6.07, 6.45) is 1.07. The maximum Gasteiger partial charge on any atom is 0.314 e. The van der Waals surface area contributed by atoms with Gasteiger partial charge in [0.25, 0.3) is 0 Å². The lowest BCUT2D eigenvalue weighted by Gasteiger charge is -2.21. The molecule has 0 aliphatic carbocycles. The lowest BCUT2D eigenvalue weighted by molar-refractivity contribution is -0.141. The number of nitrogens with one attached hydrogen (secondary N) is 2. The van der Waals surface area contributed by atoms with Gasteiger partial charge >= 0.3 is 12.0 Å². The normalized spacial score (nSPS) is 15.7. The average Bonchev–Trinajstić information content (AvgIpc) is 2.12. The van der Waals surface area contributed by atoms with Crippen LogP contribution >= 0.6 is 0 Å². The van der Waals surface area contributed by atoms with Gasteiger partial charge in [0.2, 0.25) is 0 Å². The fourth-order valence-corrected chi connectivity index (χ4v) is 1.42. The minimum atomic E-state index is -1.49. The van der Waals surface area contributed by atoms with Crippen LogP contribution in [0.3, 0.4) is 0 Å². The van der Waals surface area contributed by atoms with E-state index in [0.717, 1.165) is 0 Å². The van der Waals surface area contributed by atoms with Gasteiger partial charge in [-0.3, -0.25) is 9.00 Å². The molecule has 2 atom stereocenters. The van der Waals surface area contributed by atoms with Crippen LogP contribution in [-0.4, -0.2) is 57.1 Å². The van der Waals surface area contributed by atoms with E-state index in [1.165, 1.54) is 13.2 Å². The molecule has 0 bridgehead atoms. The third kappa shape index (κ3) is 9.76. The molecule has 0 aliphatic heterocycles. The Bertz CT molecular complexity index is 306. The van der Waals surface area contributed by atoms with E-state index in [0.29, 0.717) is 5.75 Å². The largest absolute Gasteiger partial charge is 0.481 e. The second-order valence-electron chi connectivity index (χ2n) is 3.95. The molecule has 0 aromatic heterocycles. The highest BCUT2D eigenvalue weighted by molar-refractivity contribution is 7.84. The molecular weight excluding hydrogens is 248 g/mol. The lowest BCUT2D eigenvalue weighted by Crippen LogP contribution is -2.46. The zero-order valence-electron chi connectivity index (χ0n) is 9.86. The summed E-state index contributed by atoms with van der Waals surface area (Å²) in [4.78, 5) is 21.6. The van der Waals surface area contributed by atoms with Crippen molar-refractivity contribution in [1.29, 1.82) is 0 Å². The smallest absolute Gasteiger partial charge is 0.314 e. The number of carboxylic acids is 1. The fourth-order valence-electron chi connectivity index (χ4n) is 1.03. The standard InChI is InChI=1S/C9H18N2O5S/c1-9(15,5-7(12)13)6-11-8(14)10-3-4-17(2)16/h15H,3-6H2,1-2H3,(H,12,13)(H2,10,11,14). The molecule has 0 aromatic carbocycles. The van der Waals surface area contributed by atoms with Crippen LogP contribution in [0.15, 0.2) is 0 Å². The molecule has 0 saturated heterocycles. The third-order valence-electron chi connectivity index (χ3n) is 1.84. The first-order valence-electron chi connectivity index (χ1n) is 4.99. The second-order valence-corrected chi connectivity index (χ2v) is 5.51. The number of aliphatic hydroxyl groups is 1. The van der Waals surface area contributed by atoms with E-state index in [1.807, 2.05) is 0 Å². The van der Waals surface area contributed by atoms with Crippen LogP contribution in [0.5, 0.6) is 0 Å². The molecule has 0 spiro atoms. The summed E-state index contributed by atoms with van der Waals surface area (Å²) < 4.78 is 10.7. The zero-order chi connectivity index (χ0) is 13.5. The van der Waals surface area contributed by atoms with Gasteiger partial charge in [0.15, 0.2) is 0 Å². The summed E-state index contributed by atoms with van der Waals surface area (Å²) >= 11 is 0. The Morgan fingerprint density at radius 1 is 1.35 bits per heavy atom. The van der Waals surface area contributed by atoms with Gasteiger partial charge in [-0.25, -0.2) is 4.79 Å². The Hall–Kier alpha value is -1.15. The number of hydrogen-bond donors (Lipinski definition) is 4. The summed E-state index contributed by atoms with van der Waals surface area (Å²) in [5.41, 5.74) is -1.49. The van der Waals surface area contributed by atoms with Gasteiger partial charge in [0.1, 0.15) is 0 Å². The number of carbonyl (C=O) groups is 2. The van der Waals surface area contributed by atoms with E-state index >= 15 is 0 Å². The summed E-state index contributed by atoms with van der Waals surface area (Å²) in [7, 11) is -0.980. The van der Waals surface area contributed by atoms with Crippen LogP contribution in [0.4, 0.5) is 4.79 Å². The van der Waals surface area contributed by atoms with Crippen LogP contribution < -0.4 is 10.6 Å². The van der Waals surface area contributed by atoms with E-state index in [4.69, 9.17) is 5.11 Å². The van der Waals surface area contributed by atoms with Crippen molar-refractivity contribution in [2.75, 3.05) is 25.1 Å². The first-order valence-corrected chi connectivity index (χ1v) is 6.71. The molecule has 0 fully saturated rings. The molecule has 0 aliphatic rings. The number of carbonyl (C=O) groups excluding carboxylic acids is 1. The van der Waals surface area contributed by atoms with Crippen molar-refractivity contribution in [3.63, 3.8) is 0 Å². The van der Waals surface area contributed by atoms with Crippen LogP contribution in [0.1, 0.15) is 13.3 Å². The molecule has 0 radical (unpaired) electrons. The van der Waals surface area contributed by atoms with Crippen LogP contribution in [-0.2, 0) is 15.6 Å². The topological polar surface area (TPSA) is 116 Å². The van der Waals surface area contributed by atoms with Gasteiger partial charge in [-0.1, -0.05) is 0 Å². The van der Waals surface area contributed by atoms with Crippen molar-refractivity contribution in [2.24, 2.45) is 0 Å². The summed E-state index contributed by atoms with van der Waals surface area (Å²) in [5, 5.41) is 22.8. The third-order valence-corrected chi connectivity index (χ3v) is 2.62. The maximum atomic E-state index is 11.2. The highest BCUT2D eigenvalue weighted by Crippen LogP contribution is 2.06. The molecule has 17 heavy (non-hydrogen) atoms. The first-order chi connectivity index (χ1) is 7.73. The monoisotopic (exact) mass is 266 g/mol. The minimum Gasteiger partial charge on any atom is -0.481 e. The van der Waals surface area contributed by atoms with Gasteiger partial charge in [0.05, 0.1) is 12.0 Å². The Kier molecular flexibility index (Phi) is 6.74. The molecule has 2 amide bonds. The number of urea groups is 1. The van der Waals surface area contributed by atoms with Crippen molar-refractivity contribution < 1.29 is 24.0 Å². The molecule has 100 valence electrons. The summed E-state index contributed by atoms with van der Waals surface area (Å²) in [5.74, 6) is -0.794. The Morgan fingerprint density at radius 2 is 1.94 bits per heavy atom. The number of amides is 2. The average molecular weight is 266 g/mol. The number of aliphatic carboxylic acids is 1. The SMILES string of the molecule is CS(=O)CCNC(=O)NCC(C)(O)CC(=O)O. The molecular formula is C9H18N2O5S. The molecule has 0 saturated carbocycles. The highest BCUT2D eigenvalue weighted by Gasteiger charge is 2.24. The van der Waals surface area contributed by atoms with Gasteiger partial charge in [-0.05, 0) is 6.92 Å².